The minimum absolute atomic E-state index is 0.793. The lowest BCUT2D eigenvalue weighted by Crippen LogP contribution is -2.05. The summed E-state index contributed by atoms with van der Waals surface area (Å²) < 4.78 is 90.5. The van der Waals surface area contributed by atoms with Crippen LogP contribution in [0.5, 0.6) is 11.5 Å². The van der Waals surface area contributed by atoms with Crippen molar-refractivity contribution in [2.75, 3.05) is 14.2 Å². The first-order chi connectivity index (χ1) is 9.36. The van der Waals surface area contributed by atoms with Crippen LogP contribution in [0.25, 0.3) is 10.8 Å². The van der Waals surface area contributed by atoms with Crippen LogP contribution in [-0.4, -0.2) is 14.2 Å². The lowest BCUT2D eigenvalue weighted by molar-refractivity contribution is 0.340. The number of hydrogen-bond acceptors (Lipinski definition) is 2. The Bertz CT molecular complexity index is 652. The van der Waals surface area contributed by atoms with Crippen LogP contribution in [0.1, 0.15) is 0 Å². The van der Waals surface area contributed by atoms with Gasteiger partial charge in [0.05, 0.1) is 25.0 Å². The van der Waals surface area contributed by atoms with Crippen LogP contribution in [0.4, 0.5) is 26.3 Å². The molecule has 8 heteroatoms. The van der Waals surface area contributed by atoms with Crippen molar-refractivity contribution in [1.29, 1.82) is 0 Å². The highest BCUT2D eigenvalue weighted by Crippen LogP contribution is 2.40. The molecule has 108 valence electrons. The predicted molar refractivity (Wildman–Crippen MR) is 56.8 cm³/mol. The molecule has 0 aliphatic rings. The lowest BCUT2D eigenvalue weighted by atomic mass is 10.1. The van der Waals surface area contributed by atoms with Gasteiger partial charge in [0, 0.05) is 0 Å². The summed E-state index contributed by atoms with van der Waals surface area (Å²) in [5, 5.41) is -2.78. The van der Waals surface area contributed by atoms with E-state index in [-0.39, 0.29) is 0 Å². The Kier molecular flexibility index (Phi) is 3.41. The van der Waals surface area contributed by atoms with E-state index in [0.29, 0.717) is 0 Å². The van der Waals surface area contributed by atoms with Gasteiger partial charge in [-0.05, 0) is 0 Å². The van der Waals surface area contributed by atoms with Gasteiger partial charge in [0.2, 0.25) is 11.6 Å². The molecule has 2 nitrogen and oxygen atoms in total. The molecular formula is C12H6F6O2. The second-order valence-corrected chi connectivity index (χ2v) is 3.70. The Morgan fingerprint density at radius 1 is 0.500 bits per heavy atom. The second-order valence-electron chi connectivity index (χ2n) is 3.70. The third-order valence-electron chi connectivity index (χ3n) is 2.72. The fourth-order valence-corrected chi connectivity index (χ4v) is 1.83. The fraction of sp³-hybridized carbons (Fsp3) is 0.167. The minimum atomic E-state index is -1.91. The van der Waals surface area contributed by atoms with Crippen molar-refractivity contribution >= 4 is 10.8 Å². The molecule has 0 heterocycles. The summed E-state index contributed by atoms with van der Waals surface area (Å²) in [4.78, 5) is 0. The zero-order chi connectivity index (χ0) is 15.2. The Hall–Kier alpha value is -2.12. The molecule has 0 atom stereocenters. The van der Waals surface area contributed by atoms with Crippen LogP contribution in [-0.2, 0) is 0 Å². The highest BCUT2D eigenvalue weighted by Gasteiger charge is 2.31. The molecule has 2 aromatic rings. The molecule has 20 heavy (non-hydrogen) atoms. The summed E-state index contributed by atoms with van der Waals surface area (Å²) in [5.41, 5.74) is 0. The first kappa shape index (κ1) is 14.3. The van der Waals surface area contributed by atoms with Gasteiger partial charge >= 0.3 is 0 Å². The Morgan fingerprint density at radius 3 is 1.05 bits per heavy atom. The van der Waals surface area contributed by atoms with Gasteiger partial charge in [0.15, 0.2) is 34.8 Å². The Balaban J connectivity index is 3.15. The van der Waals surface area contributed by atoms with Gasteiger partial charge in [-0.3, -0.25) is 0 Å². The van der Waals surface area contributed by atoms with Crippen molar-refractivity contribution in [3.8, 4) is 11.5 Å². The first-order valence-electron chi connectivity index (χ1n) is 5.11. The van der Waals surface area contributed by atoms with Crippen LogP contribution in [0.2, 0.25) is 0 Å². The molecule has 0 saturated carbocycles. The van der Waals surface area contributed by atoms with E-state index in [1.165, 1.54) is 0 Å². The smallest absolute Gasteiger partial charge is 0.204 e. The number of ether oxygens (including phenoxy) is 2. The molecule has 0 aliphatic heterocycles. The molecule has 0 amide bonds. The minimum Gasteiger partial charge on any atom is -0.491 e. The third-order valence-corrected chi connectivity index (χ3v) is 2.72. The lowest BCUT2D eigenvalue weighted by Gasteiger charge is -2.13. The summed E-state index contributed by atoms with van der Waals surface area (Å²) in [7, 11) is 1.59. The van der Waals surface area contributed by atoms with Gasteiger partial charge in [-0.1, -0.05) is 0 Å². The normalized spacial score (nSPS) is 11.0. The summed E-state index contributed by atoms with van der Waals surface area (Å²) >= 11 is 0. The zero-order valence-electron chi connectivity index (χ0n) is 10.1. The molecule has 2 rings (SSSR count). The van der Waals surface area contributed by atoms with Gasteiger partial charge in [-0.15, -0.1) is 0 Å². The van der Waals surface area contributed by atoms with Gasteiger partial charge in [-0.25, -0.2) is 17.6 Å². The molecule has 0 radical (unpaired) electrons. The van der Waals surface area contributed by atoms with Crippen LogP contribution in [0, 0.1) is 34.9 Å². The molecule has 0 N–H and O–H groups in total. The number of hydrogen-bond donors (Lipinski definition) is 0. The number of fused-ring (bicyclic) bond motifs is 1. The molecule has 0 unspecified atom stereocenters. The average molecular weight is 296 g/mol. The van der Waals surface area contributed by atoms with Crippen LogP contribution < -0.4 is 9.47 Å². The van der Waals surface area contributed by atoms with Crippen molar-refractivity contribution in [3.05, 3.63) is 34.9 Å². The highest BCUT2D eigenvalue weighted by molar-refractivity contribution is 5.88. The molecule has 0 spiro atoms. The van der Waals surface area contributed by atoms with Crippen LogP contribution >= 0.6 is 0 Å². The van der Waals surface area contributed by atoms with Crippen molar-refractivity contribution < 1.29 is 35.8 Å². The number of benzene rings is 2. The summed E-state index contributed by atoms with van der Waals surface area (Å²) in [5.74, 6) is -13.6. The molecule has 0 saturated heterocycles. The van der Waals surface area contributed by atoms with Gasteiger partial charge < -0.3 is 9.47 Å². The van der Waals surface area contributed by atoms with E-state index in [0.717, 1.165) is 14.2 Å². The van der Waals surface area contributed by atoms with E-state index in [2.05, 4.69) is 9.47 Å². The summed E-state index contributed by atoms with van der Waals surface area (Å²) in [6, 6.07) is 0. The largest absolute Gasteiger partial charge is 0.491 e. The molecule has 0 bridgehead atoms. The topological polar surface area (TPSA) is 18.5 Å². The maximum absolute atomic E-state index is 13.8. The van der Waals surface area contributed by atoms with Crippen molar-refractivity contribution in [1.82, 2.24) is 0 Å². The van der Waals surface area contributed by atoms with E-state index in [4.69, 9.17) is 0 Å². The van der Waals surface area contributed by atoms with E-state index >= 15 is 0 Å². The highest BCUT2D eigenvalue weighted by atomic mass is 19.2. The Labute approximate surface area is 108 Å². The SMILES string of the molecule is COc1c(F)c(F)c2c(F)c(OC)c(F)c(F)c2c1F. The summed E-state index contributed by atoms with van der Waals surface area (Å²) in [6.07, 6.45) is 0. The second kappa shape index (κ2) is 4.77. The number of rotatable bonds is 2. The van der Waals surface area contributed by atoms with E-state index in [1.54, 1.807) is 0 Å². The van der Waals surface area contributed by atoms with E-state index < -0.39 is 57.2 Å². The van der Waals surface area contributed by atoms with Crippen LogP contribution in [0.3, 0.4) is 0 Å². The van der Waals surface area contributed by atoms with Crippen molar-refractivity contribution in [2.24, 2.45) is 0 Å². The first-order valence-corrected chi connectivity index (χ1v) is 5.11. The zero-order valence-corrected chi connectivity index (χ0v) is 10.1. The van der Waals surface area contributed by atoms with Crippen LogP contribution in [0.15, 0.2) is 0 Å². The predicted octanol–water partition coefficient (Wildman–Crippen LogP) is 3.69. The maximum atomic E-state index is 13.8. The molecule has 2 aromatic carbocycles. The number of halogens is 6. The fourth-order valence-electron chi connectivity index (χ4n) is 1.83. The number of methoxy groups -OCH3 is 2. The van der Waals surface area contributed by atoms with Gasteiger partial charge in [0.25, 0.3) is 0 Å². The van der Waals surface area contributed by atoms with Gasteiger partial charge in [0.1, 0.15) is 0 Å². The van der Waals surface area contributed by atoms with Gasteiger partial charge in [-0.2, -0.15) is 8.78 Å². The molecule has 0 aromatic heterocycles. The third kappa shape index (κ3) is 1.67. The molecule has 0 fully saturated rings. The monoisotopic (exact) mass is 296 g/mol. The summed E-state index contributed by atoms with van der Waals surface area (Å²) in [6.45, 7) is 0. The maximum Gasteiger partial charge on any atom is 0.204 e. The van der Waals surface area contributed by atoms with Crippen molar-refractivity contribution in [3.63, 3.8) is 0 Å². The quantitative estimate of drug-likeness (QED) is 0.621. The Morgan fingerprint density at radius 2 is 0.800 bits per heavy atom. The molecular weight excluding hydrogens is 290 g/mol. The van der Waals surface area contributed by atoms with E-state index in [1.807, 2.05) is 0 Å². The van der Waals surface area contributed by atoms with Crippen molar-refractivity contribution in [2.45, 2.75) is 0 Å². The average Bonchev–Trinajstić information content (AvgIpc) is 2.41. The van der Waals surface area contributed by atoms with E-state index in [9.17, 15) is 26.3 Å². The standard InChI is InChI=1S/C12H6F6O2/c1-19-11-7(15)3-4(5(13)9(11)17)8(16)12(20-2)10(18)6(3)14/h1-2H3. The molecule has 0 aliphatic carbocycles.